The lowest BCUT2D eigenvalue weighted by Crippen LogP contribution is -2.65. The topological polar surface area (TPSA) is 94.1 Å². The molecule has 5 heteroatoms. The number of aliphatic hydroxyl groups is 4. The first-order chi connectivity index (χ1) is 11.7. The van der Waals surface area contributed by atoms with Crippen LogP contribution in [-0.4, -0.2) is 38.7 Å². The van der Waals surface area contributed by atoms with E-state index >= 15 is 0 Å². The van der Waals surface area contributed by atoms with Gasteiger partial charge in [-0.1, -0.05) is 13.8 Å². The minimum Gasteiger partial charge on any atom is -0.472 e. The first-order valence-corrected chi connectivity index (χ1v) is 9.38. The molecule has 0 aromatic carbocycles. The van der Waals surface area contributed by atoms with Crippen LogP contribution >= 0.6 is 0 Å². The van der Waals surface area contributed by atoms with Crippen LogP contribution in [0, 0.1) is 22.7 Å². The van der Waals surface area contributed by atoms with Gasteiger partial charge in [0.05, 0.1) is 30.3 Å². The van der Waals surface area contributed by atoms with Crippen molar-refractivity contribution in [1.29, 1.82) is 0 Å². The van der Waals surface area contributed by atoms with Gasteiger partial charge in [-0.25, -0.2) is 0 Å². The van der Waals surface area contributed by atoms with Crippen LogP contribution in [0.15, 0.2) is 23.0 Å². The molecule has 7 atom stereocenters. The third-order valence-corrected chi connectivity index (χ3v) is 7.83. The molecule has 3 rings (SSSR count). The Kier molecular flexibility index (Phi) is 4.82. The van der Waals surface area contributed by atoms with E-state index in [-0.39, 0.29) is 23.9 Å². The zero-order valence-electron chi connectivity index (χ0n) is 15.5. The standard InChI is InChI=1S/C20H32O5/c1-18(10-15(22)13-7-9-25-12-13)14(11-21)6-8-19(2)16(18)4-5-17(23)20(19,3)24/h7,9,12,14-17,21-24H,4-6,8,10-11H2,1-3H3/t14-,15-,16+,17+,18-,19+,20-/m0/s1. The van der Waals surface area contributed by atoms with E-state index < -0.39 is 23.2 Å². The summed E-state index contributed by atoms with van der Waals surface area (Å²) in [6.45, 7) is 6.02. The van der Waals surface area contributed by atoms with Crippen LogP contribution in [0.5, 0.6) is 0 Å². The quantitative estimate of drug-likeness (QED) is 0.668. The average Bonchev–Trinajstić information content (AvgIpc) is 3.07. The van der Waals surface area contributed by atoms with E-state index in [4.69, 9.17) is 4.42 Å². The second-order valence-electron chi connectivity index (χ2n) is 8.91. The van der Waals surface area contributed by atoms with Crippen molar-refractivity contribution < 1.29 is 24.8 Å². The summed E-state index contributed by atoms with van der Waals surface area (Å²) in [7, 11) is 0. The summed E-state index contributed by atoms with van der Waals surface area (Å²) < 4.78 is 5.10. The van der Waals surface area contributed by atoms with Crippen molar-refractivity contribution in [3.63, 3.8) is 0 Å². The molecule has 0 amide bonds. The Bertz CT molecular complexity index is 583. The molecule has 1 aromatic rings. The maximum atomic E-state index is 11.1. The zero-order valence-corrected chi connectivity index (χ0v) is 15.5. The summed E-state index contributed by atoms with van der Waals surface area (Å²) in [5.41, 5.74) is -1.20. The Labute approximate surface area is 149 Å². The Morgan fingerprint density at radius 1 is 1.24 bits per heavy atom. The molecule has 4 N–H and O–H groups in total. The molecule has 0 radical (unpaired) electrons. The van der Waals surface area contributed by atoms with Gasteiger partial charge < -0.3 is 24.8 Å². The molecule has 142 valence electrons. The number of hydrogen-bond donors (Lipinski definition) is 4. The predicted molar refractivity (Wildman–Crippen MR) is 93.7 cm³/mol. The van der Waals surface area contributed by atoms with Crippen LogP contribution in [0.4, 0.5) is 0 Å². The van der Waals surface area contributed by atoms with Crippen LogP contribution in [0.1, 0.15) is 64.5 Å². The third kappa shape index (κ3) is 2.76. The van der Waals surface area contributed by atoms with Crippen molar-refractivity contribution in [2.45, 2.75) is 70.7 Å². The van der Waals surface area contributed by atoms with E-state index in [1.165, 1.54) is 0 Å². The monoisotopic (exact) mass is 352 g/mol. The maximum absolute atomic E-state index is 11.1. The van der Waals surface area contributed by atoms with Crippen molar-refractivity contribution in [2.75, 3.05) is 6.61 Å². The van der Waals surface area contributed by atoms with Gasteiger partial charge in [0, 0.05) is 17.6 Å². The molecule has 0 saturated heterocycles. The third-order valence-electron chi connectivity index (χ3n) is 7.83. The van der Waals surface area contributed by atoms with Gasteiger partial charge in [0.1, 0.15) is 0 Å². The minimum atomic E-state index is -1.17. The van der Waals surface area contributed by atoms with E-state index in [1.807, 2.05) is 0 Å². The van der Waals surface area contributed by atoms with Gasteiger partial charge in [-0.3, -0.25) is 0 Å². The molecule has 0 bridgehead atoms. The molecule has 0 unspecified atom stereocenters. The normalized spacial score (nSPS) is 45.8. The Morgan fingerprint density at radius 2 is 1.96 bits per heavy atom. The minimum absolute atomic E-state index is 0.0677. The Hall–Kier alpha value is -0.880. The van der Waals surface area contributed by atoms with Crippen molar-refractivity contribution in [2.24, 2.45) is 22.7 Å². The van der Waals surface area contributed by atoms with Gasteiger partial charge in [-0.2, -0.15) is 0 Å². The zero-order chi connectivity index (χ0) is 18.5. The summed E-state index contributed by atoms with van der Waals surface area (Å²) in [5, 5.41) is 42.3. The fourth-order valence-corrected chi connectivity index (χ4v) is 5.84. The molecule has 1 heterocycles. The number of hydrogen-bond acceptors (Lipinski definition) is 5. The summed E-state index contributed by atoms with van der Waals surface area (Å²) in [6, 6.07) is 1.77. The molecule has 25 heavy (non-hydrogen) atoms. The van der Waals surface area contributed by atoms with Crippen LogP contribution in [0.25, 0.3) is 0 Å². The Balaban J connectivity index is 1.96. The maximum Gasteiger partial charge on any atom is 0.0960 e. The van der Waals surface area contributed by atoms with Gasteiger partial charge >= 0.3 is 0 Å². The van der Waals surface area contributed by atoms with E-state index in [0.717, 1.165) is 24.8 Å². The fraction of sp³-hybridized carbons (Fsp3) is 0.800. The number of aliphatic hydroxyl groups excluding tert-OH is 3. The van der Waals surface area contributed by atoms with Crippen LogP contribution in [0.3, 0.4) is 0 Å². The Morgan fingerprint density at radius 3 is 2.56 bits per heavy atom. The average molecular weight is 352 g/mol. The second kappa shape index (κ2) is 6.38. The van der Waals surface area contributed by atoms with Crippen molar-refractivity contribution in [3.8, 4) is 0 Å². The number of rotatable bonds is 4. The molecule has 0 aliphatic heterocycles. The van der Waals surface area contributed by atoms with Gasteiger partial charge in [0.25, 0.3) is 0 Å². The van der Waals surface area contributed by atoms with Gasteiger partial charge in [-0.15, -0.1) is 0 Å². The van der Waals surface area contributed by atoms with Crippen LogP contribution in [-0.2, 0) is 0 Å². The first kappa shape index (κ1) is 18.9. The predicted octanol–water partition coefficient (Wildman–Crippen LogP) is 2.64. The lowest BCUT2D eigenvalue weighted by Gasteiger charge is -2.64. The smallest absolute Gasteiger partial charge is 0.0960 e. The highest BCUT2D eigenvalue weighted by atomic mass is 16.3. The molecular weight excluding hydrogens is 320 g/mol. The molecule has 2 saturated carbocycles. The summed E-state index contributed by atoms with van der Waals surface area (Å²) in [5.74, 6) is 0.184. The van der Waals surface area contributed by atoms with Gasteiger partial charge in [0.2, 0.25) is 0 Å². The largest absolute Gasteiger partial charge is 0.472 e. The van der Waals surface area contributed by atoms with Crippen LogP contribution < -0.4 is 0 Å². The highest BCUT2D eigenvalue weighted by Crippen LogP contribution is 2.64. The van der Waals surface area contributed by atoms with Crippen molar-refractivity contribution in [1.82, 2.24) is 0 Å². The SMILES string of the molecule is C[C@]1(C[C@H](O)c2ccoc2)[C@H](CO)CC[C@]2(C)[C@@H]1CC[C@@H](O)[C@]2(C)O. The highest BCUT2D eigenvalue weighted by molar-refractivity contribution is 5.15. The summed E-state index contributed by atoms with van der Waals surface area (Å²) in [6.07, 6.45) is 5.10. The van der Waals surface area contributed by atoms with Gasteiger partial charge in [0.15, 0.2) is 0 Å². The van der Waals surface area contributed by atoms with E-state index in [1.54, 1.807) is 25.5 Å². The number of fused-ring (bicyclic) bond motifs is 1. The molecule has 2 fully saturated rings. The summed E-state index contributed by atoms with van der Waals surface area (Å²) in [4.78, 5) is 0. The molecular formula is C20H32O5. The molecule has 1 aromatic heterocycles. The van der Waals surface area contributed by atoms with Crippen molar-refractivity contribution >= 4 is 0 Å². The highest BCUT2D eigenvalue weighted by Gasteiger charge is 2.63. The molecule has 2 aliphatic rings. The molecule has 0 spiro atoms. The second-order valence-corrected chi connectivity index (χ2v) is 8.91. The fourth-order valence-electron chi connectivity index (χ4n) is 5.84. The van der Waals surface area contributed by atoms with Gasteiger partial charge in [-0.05, 0) is 62.3 Å². The molecule has 2 aliphatic carbocycles. The van der Waals surface area contributed by atoms with E-state index in [0.29, 0.717) is 12.8 Å². The lowest BCUT2D eigenvalue weighted by atomic mass is 9.43. The van der Waals surface area contributed by atoms with Crippen LogP contribution in [0.2, 0.25) is 0 Å². The summed E-state index contributed by atoms with van der Waals surface area (Å²) >= 11 is 0. The lowest BCUT2D eigenvalue weighted by molar-refractivity contribution is -0.242. The van der Waals surface area contributed by atoms with Crippen molar-refractivity contribution in [3.05, 3.63) is 24.2 Å². The number of furan rings is 1. The van der Waals surface area contributed by atoms with E-state index in [2.05, 4.69) is 13.8 Å². The first-order valence-electron chi connectivity index (χ1n) is 9.38. The molecule has 5 nitrogen and oxygen atoms in total. The van der Waals surface area contributed by atoms with E-state index in [9.17, 15) is 20.4 Å².